The highest BCUT2D eigenvalue weighted by molar-refractivity contribution is 7.80. The molecule has 0 bridgehead atoms. The molecular weight excluding hydrogens is 202 g/mol. The second kappa shape index (κ2) is 4.90. The van der Waals surface area contributed by atoms with Gasteiger partial charge in [-0.25, -0.2) is 0 Å². The van der Waals surface area contributed by atoms with E-state index in [0.29, 0.717) is 0 Å². The highest BCUT2D eigenvalue weighted by atomic mass is 32.1. The van der Waals surface area contributed by atoms with Crippen LogP contribution in [0.4, 0.5) is 0 Å². The van der Waals surface area contributed by atoms with Crippen LogP contribution in [0.3, 0.4) is 0 Å². The summed E-state index contributed by atoms with van der Waals surface area (Å²) in [6.07, 6.45) is 0. The number of rotatable bonds is 2. The second-order valence-electron chi connectivity index (χ2n) is 3.85. The Kier molecular flexibility index (Phi) is 4.49. The summed E-state index contributed by atoms with van der Waals surface area (Å²) in [6.45, 7) is 5.38. The van der Waals surface area contributed by atoms with E-state index in [1.54, 1.807) is 20.8 Å². The molecule has 4 N–H and O–H groups in total. The summed E-state index contributed by atoms with van der Waals surface area (Å²) in [4.78, 5) is 22.4. The van der Waals surface area contributed by atoms with Crippen molar-refractivity contribution >= 4 is 29.0 Å². The van der Waals surface area contributed by atoms with E-state index in [0.717, 1.165) is 0 Å². The van der Waals surface area contributed by atoms with Crippen molar-refractivity contribution in [3.8, 4) is 0 Å². The lowest BCUT2D eigenvalue weighted by Crippen LogP contribution is -2.49. The van der Waals surface area contributed by atoms with Crippen LogP contribution in [0.1, 0.15) is 20.8 Å². The lowest BCUT2D eigenvalue weighted by molar-refractivity contribution is -0.139. The number of nitrogens with one attached hydrogen (secondary N) is 2. The molecule has 0 aliphatic heterocycles. The fourth-order valence-electron chi connectivity index (χ4n) is 0.645. The van der Waals surface area contributed by atoms with E-state index in [4.69, 9.17) is 5.73 Å². The first-order valence-electron chi connectivity index (χ1n) is 4.11. The van der Waals surface area contributed by atoms with Gasteiger partial charge in [-0.3, -0.25) is 9.59 Å². The monoisotopic (exact) mass is 217 g/mol. The number of carbonyl (C=O) groups excluding carboxylic acids is 2. The average Bonchev–Trinajstić information content (AvgIpc) is 1.96. The van der Waals surface area contributed by atoms with E-state index in [-0.39, 0.29) is 11.5 Å². The Hall–Kier alpha value is -1.17. The van der Waals surface area contributed by atoms with Crippen LogP contribution < -0.4 is 16.4 Å². The van der Waals surface area contributed by atoms with Crippen LogP contribution in [0.2, 0.25) is 0 Å². The van der Waals surface area contributed by atoms with E-state index in [1.165, 1.54) is 0 Å². The van der Waals surface area contributed by atoms with Crippen LogP contribution in [-0.2, 0) is 9.59 Å². The van der Waals surface area contributed by atoms with Crippen LogP contribution in [0.25, 0.3) is 0 Å². The molecule has 0 saturated carbocycles. The summed E-state index contributed by atoms with van der Waals surface area (Å²) in [5.74, 6) is -1.42. The molecule has 0 aromatic rings. The lowest BCUT2D eigenvalue weighted by atomic mass is 10.1. The number of thiocarbonyl (C=S) groups is 1. The summed E-state index contributed by atoms with van der Waals surface area (Å²) in [7, 11) is 0. The normalized spacial score (nSPS) is 10.5. The van der Waals surface area contributed by atoms with E-state index < -0.39 is 17.4 Å². The third kappa shape index (κ3) is 6.36. The molecule has 0 spiro atoms. The lowest BCUT2D eigenvalue weighted by Gasteiger charge is -2.19. The van der Waals surface area contributed by atoms with Crippen molar-refractivity contribution in [3.05, 3.63) is 0 Å². The largest absolute Gasteiger partial charge is 0.392 e. The molecule has 0 unspecified atom stereocenters. The molecule has 80 valence electrons. The van der Waals surface area contributed by atoms with Crippen molar-refractivity contribution < 1.29 is 9.59 Å². The quantitative estimate of drug-likeness (QED) is 0.422. The number of nitrogens with two attached hydrogens (primary N) is 1. The van der Waals surface area contributed by atoms with Gasteiger partial charge in [0.15, 0.2) is 0 Å². The van der Waals surface area contributed by atoms with Gasteiger partial charge >= 0.3 is 11.8 Å². The standard InChI is InChI=1S/C8H15N3O2S/c1-8(2,3)11-7(13)6(12)10-4-5(9)14/h4H2,1-3H3,(H2,9,14)(H,10,12)(H,11,13). The van der Waals surface area contributed by atoms with Gasteiger partial charge in [-0.05, 0) is 20.8 Å². The van der Waals surface area contributed by atoms with Crippen molar-refractivity contribution in [2.45, 2.75) is 26.3 Å². The first-order chi connectivity index (χ1) is 6.22. The number of hydrogen-bond donors (Lipinski definition) is 3. The maximum Gasteiger partial charge on any atom is 0.309 e. The predicted molar refractivity (Wildman–Crippen MR) is 57.7 cm³/mol. The fourth-order valence-corrected chi connectivity index (χ4v) is 0.717. The molecule has 0 rings (SSSR count). The zero-order chi connectivity index (χ0) is 11.4. The van der Waals surface area contributed by atoms with Crippen LogP contribution in [0.15, 0.2) is 0 Å². The van der Waals surface area contributed by atoms with Gasteiger partial charge in [0.25, 0.3) is 0 Å². The number of carbonyl (C=O) groups is 2. The first kappa shape index (κ1) is 12.8. The zero-order valence-electron chi connectivity index (χ0n) is 8.51. The molecule has 0 aromatic carbocycles. The summed E-state index contributed by atoms with van der Waals surface area (Å²) in [5, 5.41) is 4.79. The molecule has 0 heterocycles. The van der Waals surface area contributed by atoms with Gasteiger partial charge in [0, 0.05) is 5.54 Å². The van der Waals surface area contributed by atoms with E-state index >= 15 is 0 Å². The molecular formula is C8H15N3O2S. The smallest absolute Gasteiger partial charge is 0.309 e. The van der Waals surface area contributed by atoms with Gasteiger partial charge in [-0.15, -0.1) is 0 Å². The Morgan fingerprint density at radius 1 is 1.29 bits per heavy atom. The highest BCUT2D eigenvalue weighted by Gasteiger charge is 2.19. The minimum Gasteiger partial charge on any atom is -0.392 e. The highest BCUT2D eigenvalue weighted by Crippen LogP contribution is 1.97. The molecule has 0 aliphatic rings. The summed E-state index contributed by atoms with van der Waals surface area (Å²) in [6, 6.07) is 0. The van der Waals surface area contributed by atoms with Crippen LogP contribution >= 0.6 is 12.2 Å². The van der Waals surface area contributed by atoms with Gasteiger partial charge in [-0.1, -0.05) is 12.2 Å². The average molecular weight is 217 g/mol. The van der Waals surface area contributed by atoms with Gasteiger partial charge in [0.1, 0.15) is 0 Å². The maximum absolute atomic E-state index is 11.2. The molecule has 0 fully saturated rings. The molecule has 2 amide bonds. The fraction of sp³-hybridized carbons (Fsp3) is 0.625. The van der Waals surface area contributed by atoms with Crippen LogP contribution in [-0.4, -0.2) is 28.9 Å². The van der Waals surface area contributed by atoms with Crippen molar-refractivity contribution in [3.63, 3.8) is 0 Å². The molecule has 6 heteroatoms. The van der Waals surface area contributed by atoms with Gasteiger partial charge < -0.3 is 16.4 Å². The van der Waals surface area contributed by atoms with Crippen LogP contribution in [0.5, 0.6) is 0 Å². The summed E-state index contributed by atoms with van der Waals surface area (Å²) in [5.41, 5.74) is 4.72. The number of amides is 2. The van der Waals surface area contributed by atoms with Crippen molar-refractivity contribution in [2.75, 3.05) is 6.54 Å². The van der Waals surface area contributed by atoms with Crippen molar-refractivity contribution in [1.29, 1.82) is 0 Å². The third-order valence-corrected chi connectivity index (χ3v) is 1.26. The van der Waals surface area contributed by atoms with Gasteiger partial charge in [0.2, 0.25) is 0 Å². The maximum atomic E-state index is 11.2. The Bertz CT molecular complexity index is 258. The van der Waals surface area contributed by atoms with E-state index in [1.807, 2.05) is 0 Å². The molecule has 0 radical (unpaired) electrons. The first-order valence-corrected chi connectivity index (χ1v) is 4.52. The SMILES string of the molecule is CC(C)(C)NC(=O)C(=O)NCC(N)=S. The van der Waals surface area contributed by atoms with Crippen molar-refractivity contribution in [2.24, 2.45) is 5.73 Å². The Morgan fingerprint density at radius 3 is 2.14 bits per heavy atom. The Morgan fingerprint density at radius 2 is 1.79 bits per heavy atom. The third-order valence-electron chi connectivity index (χ3n) is 1.12. The minimum absolute atomic E-state index is 0.0335. The topological polar surface area (TPSA) is 84.2 Å². The minimum atomic E-state index is -0.729. The molecule has 0 aliphatic carbocycles. The summed E-state index contributed by atoms with van der Waals surface area (Å²) < 4.78 is 0. The number of hydrogen-bond acceptors (Lipinski definition) is 3. The van der Waals surface area contributed by atoms with Gasteiger partial charge in [0.05, 0.1) is 11.5 Å². The molecule has 0 atom stereocenters. The Labute approximate surface area is 88.4 Å². The summed E-state index contributed by atoms with van der Waals surface area (Å²) >= 11 is 4.54. The molecule has 5 nitrogen and oxygen atoms in total. The molecule has 0 aromatic heterocycles. The second-order valence-corrected chi connectivity index (χ2v) is 4.38. The predicted octanol–water partition coefficient (Wildman–Crippen LogP) is -0.697. The molecule has 14 heavy (non-hydrogen) atoms. The molecule has 0 saturated heterocycles. The van der Waals surface area contributed by atoms with E-state index in [9.17, 15) is 9.59 Å². The van der Waals surface area contributed by atoms with Crippen molar-refractivity contribution in [1.82, 2.24) is 10.6 Å². The van der Waals surface area contributed by atoms with E-state index in [2.05, 4.69) is 22.9 Å². The zero-order valence-corrected chi connectivity index (χ0v) is 9.33. The Balaban J connectivity index is 4.01. The van der Waals surface area contributed by atoms with Gasteiger partial charge in [-0.2, -0.15) is 0 Å². The van der Waals surface area contributed by atoms with Crippen LogP contribution in [0, 0.1) is 0 Å².